The molecular formula is C27H31N5O4S. The van der Waals surface area contributed by atoms with Crippen LogP contribution in [0.2, 0.25) is 0 Å². The Morgan fingerprint density at radius 3 is 2.38 bits per heavy atom. The number of amides is 2. The Balaban J connectivity index is 1.50. The number of rotatable bonds is 11. The Kier molecular flexibility index (Phi) is 9.54. The summed E-state index contributed by atoms with van der Waals surface area (Å²) in [4.78, 5) is 14.3. The molecule has 0 spiro atoms. The maximum atomic E-state index is 12.2. The third-order valence-corrected chi connectivity index (χ3v) is 7.03. The van der Waals surface area contributed by atoms with E-state index < -0.39 is 16.1 Å². The number of hydrogen-bond donors (Lipinski definition) is 3. The van der Waals surface area contributed by atoms with Crippen LogP contribution < -0.4 is 10.6 Å². The molecule has 0 saturated heterocycles. The van der Waals surface area contributed by atoms with E-state index in [1.165, 1.54) is 24.3 Å². The SMILES string of the molecule is CC(C)c1cc(CCCCNC(=O)Nc2ccc(S(=O)(=O)N=[N+]=[N-])cc2)cc(Cc2ccccc2)c1O. The number of carbonyl (C=O) groups is 1. The number of hydrogen-bond acceptors (Lipinski definition) is 4. The number of unbranched alkanes of at least 4 members (excludes halogenated alkanes) is 1. The van der Waals surface area contributed by atoms with Crippen molar-refractivity contribution in [2.45, 2.75) is 50.3 Å². The standard InChI is InChI=1S/C27H31N5O4S/c1-19(2)25-18-21(17-22(26(25)33)16-20-8-4-3-5-9-20)10-6-7-15-29-27(34)30-23-11-13-24(14-12-23)37(35,36)32-31-28/h3-5,8-9,11-14,17-19,33H,6-7,10,15-16H2,1-2H3,(H2,29,30,34). The maximum Gasteiger partial charge on any atom is 0.319 e. The van der Waals surface area contributed by atoms with Gasteiger partial charge in [-0.15, -0.1) is 0 Å². The molecule has 194 valence electrons. The second-order valence-corrected chi connectivity index (χ2v) is 10.6. The van der Waals surface area contributed by atoms with Crippen LogP contribution in [0.25, 0.3) is 10.4 Å². The molecule has 0 atom stereocenters. The normalized spacial score (nSPS) is 11.1. The second kappa shape index (κ2) is 12.8. The van der Waals surface area contributed by atoms with E-state index in [1.807, 2.05) is 18.2 Å². The minimum Gasteiger partial charge on any atom is -0.507 e. The summed E-state index contributed by atoms with van der Waals surface area (Å²) in [6.45, 7) is 4.61. The van der Waals surface area contributed by atoms with Crippen molar-refractivity contribution in [3.8, 4) is 5.75 Å². The lowest BCUT2D eigenvalue weighted by Crippen LogP contribution is -2.29. The fourth-order valence-electron chi connectivity index (χ4n) is 3.96. The highest BCUT2D eigenvalue weighted by Crippen LogP contribution is 2.32. The molecule has 3 rings (SSSR count). The summed E-state index contributed by atoms with van der Waals surface area (Å²) in [5.41, 5.74) is 12.9. The highest BCUT2D eigenvalue weighted by atomic mass is 32.2. The molecule has 9 nitrogen and oxygen atoms in total. The van der Waals surface area contributed by atoms with Gasteiger partial charge in [0.2, 0.25) is 0 Å². The van der Waals surface area contributed by atoms with E-state index in [0.717, 1.165) is 41.5 Å². The number of phenols is 1. The molecule has 3 aromatic rings. The first-order valence-electron chi connectivity index (χ1n) is 12.0. The average Bonchev–Trinajstić information content (AvgIpc) is 2.86. The van der Waals surface area contributed by atoms with Gasteiger partial charge in [-0.25, -0.2) is 13.2 Å². The molecule has 0 aliphatic rings. The van der Waals surface area contributed by atoms with Crippen molar-refractivity contribution in [3.05, 3.63) is 99.4 Å². The molecule has 10 heteroatoms. The van der Waals surface area contributed by atoms with Gasteiger partial charge in [-0.05, 0) is 77.2 Å². The third-order valence-electron chi connectivity index (χ3n) is 5.87. The fourth-order valence-corrected chi connectivity index (χ4v) is 4.63. The molecule has 0 heterocycles. The van der Waals surface area contributed by atoms with Crippen LogP contribution >= 0.6 is 0 Å². The average molecular weight is 522 g/mol. The second-order valence-electron chi connectivity index (χ2n) is 9.02. The molecule has 0 bridgehead atoms. The van der Waals surface area contributed by atoms with Gasteiger partial charge in [0.15, 0.2) is 0 Å². The van der Waals surface area contributed by atoms with Gasteiger partial charge in [-0.1, -0.05) is 56.3 Å². The number of nitrogens with one attached hydrogen (secondary N) is 2. The zero-order chi connectivity index (χ0) is 26.8. The largest absolute Gasteiger partial charge is 0.507 e. The van der Waals surface area contributed by atoms with E-state index in [2.05, 4.69) is 58.2 Å². The first-order chi connectivity index (χ1) is 17.7. The van der Waals surface area contributed by atoms with Gasteiger partial charge in [0.1, 0.15) is 5.75 Å². The van der Waals surface area contributed by atoms with Gasteiger partial charge in [0, 0.05) is 28.1 Å². The van der Waals surface area contributed by atoms with E-state index in [-0.39, 0.29) is 10.8 Å². The van der Waals surface area contributed by atoms with Gasteiger partial charge in [0.25, 0.3) is 10.0 Å². The van der Waals surface area contributed by atoms with Crippen molar-refractivity contribution < 1.29 is 18.3 Å². The van der Waals surface area contributed by atoms with E-state index in [0.29, 0.717) is 24.4 Å². The van der Waals surface area contributed by atoms with Crippen molar-refractivity contribution in [1.29, 1.82) is 0 Å². The van der Waals surface area contributed by atoms with Crippen LogP contribution in [0, 0.1) is 0 Å². The Morgan fingerprint density at radius 1 is 1.03 bits per heavy atom. The molecular weight excluding hydrogens is 490 g/mol. The zero-order valence-corrected chi connectivity index (χ0v) is 21.7. The molecule has 3 aromatic carbocycles. The van der Waals surface area contributed by atoms with Crippen molar-refractivity contribution in [2.75, 3.05) is 11.9 Å². The van der Waals surface area contributed by atoms with Gasteiger partial charge < -0.3 is 15.7 Å². The highest BCUT2D eigenvalue weighted by Gasteiger charge is 2.14. The minimum absolute atomic E-state index is 0.155. The summed E-state index contributed by atoms with van der Waals surface area (Å²) in [6, 6.07) is 19.2. The number of carbonyl (C=O) groups excluding carboxylic acids is 1. The molecule has 0 unspecified atom stereocenters. The number of urea groups is 1. The fraction of sp³-hybridized carbons (Fsp3) is 0.296. The van der Waals surface area contributed by atoms with Crippen LogP contribution in [0.3, 0.4) is 0 Å². The quantitative estimate of drug-likeness (QED) is 0.118. The van der Waals surface area contributed by atoms with Crippen molar-refractivity contribution in [3.63, 3.8) is 0 Å². The monoisotopic (exact) mass is 521 g/mol. The van der Waals surface area contributed by atoms with E-state index in [4.69, 9.17) is 5.53 Å². The van der Waals surface area contributed by atoms with Crippen LogP contribution in [0.5, 0.6) is 5.75 Å². The first-order valence-corrected chi connectivity index (χ1v) is 13.5. The van der Waals surface area contributed by atoms with Crippen molar-refractivity contribution >= 4 is 21.7 Å². The number of nitrogens with zero attached hydrogens (tertiary/aromatic N) is 3. The summed E-state index contributed by atoms with van der Waals surface area (Å²) >= 11 is 0. The predicted octanol–water partition coefficient (Wildman–Crippen LogP) is 6.25. The van der Waals surface area contributed by atoms with Crippen LogP contribution in [-0.4, -0.2) is 26.1 Å². The summed E-state index contributed by atoms with van der Waals surface area (Å²) in [5.74, 6) is 0.567. The molecule has 2 amide bonds. The number of aromatic hydroxyl groups is 1. The molecule has 0 radical (unpaired) electrons. The van der Waals surface area contributed by atoms with E-state index in [9.17, 15) is 18.3 Å². The van der Waals surface area contributed by atoms with E-state index in [1.54, 1.807) is 0 Å². The lowest BCUT2D eigenvalue weighted by molar-refractivity contribution is 0.252. The van der Waals surface area contributed by atoms with Crippen LogP contribution in [0.4, 0.5) is 10.5 Å². The van der Waals surface area contributed by atoms with Crippen molar-refractivity contribution in [2.24, 2.45) is 4.52 Å². The smallest absolute Gasteiger partial charge is 0.319 e. The van der Waals surface area contributed by atoms with E-state index >= 15 is 0 Å². The number of azide groups is 1. The Labute approximate surface area is 217 Å². The molecule has 37 heavy (non-hydrogen) atoms. The molecule has 0 aromatic heterocycles. The molecule has 0 aliphatic heterocycles. The van der Waals surface area contributed by atoms with Gasteiger partial charge in [-0.2, -0.15) is 0 Å². The first kappa shape index (κ1) is 27.6. The van der Waals surface area contributed by atoms with Gasteiger partial charge in [0.05, 0.1) is 4.90 Å². The highest BCUT2D eigenvalue weighted by molar-refractivity contribution is 7.90. The third kappa shape index (κ3) is 7.99. The molecule has 0 fully saturated rings. The number of phenolic OH excluding ortho intramolecular Hbond substituents is 1. The summed E-state index contributed by atoms with van der Waals surface area (Å²) in [7, 11) is -4.06. The Hall–Kier alpha value is -4.01. The lowest BCUT2D eigenvalue weighted by atomic mass is 9.92. The molecule has 0 aliphatic carbocycles. The van der Waals surface area contributed by atoms with Gasteiger partial charge >= 0.3 is 6.03 Å². The number of sulfonamides is 1. The van der Waals surface area contributed by atoms with Crippen molar-refractivity contribution in [1.82, 2.24) is 5.32 Å². The summed E-state index contributed by atoms with van der Waals surface area (Å²) in [6.07, 6.45) is 3.12. The number of aryl methyl sites for hydroxylation is 1. The summed E-state index contributed by atoms with van der Waals surface area (Å²) < 4.78 is 26.2. The van der Waals surface area contributed by atoms with Crippen LogP contribution in [0.1, 0.15) is 54.9 Å². The molecule has 0 saturated carbocycles. The Morgan fingerprint density at radius 2 is 1.73 bits per heavy atom. The minimum atomic E-state index is -4.06. The topological polar surface area (TPSA) is 144 Å². The predicted molar refractivity (Wildman–Crippen MR) is 144 cm³/mol. The number of anilines is 1. The lowest BCUT2D eigenvalue weighted by Gasteiger charge is -2.16. The van der Waals surface area contributed by atoms with Crippen LogP contribution in [0.15, 0.2) is 76.1 Å². The maximum absolute atomic E-state index is 12.2. The zero-order valence-electron chi connectivity index (χ0n) is 20.9. The van der Waals surface area contributed by atoms with Gasteiger partial charge in [-0.3, -0.25) is 0 Å². The molecule has 3 N–H and O–H groups in total. The number of benzene rings is 3. The van der Waals surface area contributed by atoms with Crippen LogP contribution in [-0.2, 0) is 22.9 Å². The Bertz CT molecular complexity index is 1370. The summed E-state index contributed by atoms with van der Waals surface area (Å²) in [5, 5.41) is 16.2.